The number of anilines is 1. The van der Waals surface area contributed by atoms with Crippen LogP contribution < -0.4 is 10.2 Å². The highest BCUT2D eigenvalue weighted by Gasteiger charge is 2.39. The number of nitrogens with zero attached hydrogens (tertiary/aromatic N) is 5. The predicted molar refractivity (Wildman–Crippen MR) is 79.1 cm³/mol. The van der Waals surface area contributed by atoms with Gasteiger partial charge in [-0.25, -0.2) is 14.8 Å². The maximum Gasteiger partial charge on any atom is 0.490 e. The Kier molecular flexibility index (Phi) is 6.37. The highest BCUT2D eigenvalue weighted by molar-refractivity contribution is 5.73. The zero-order valence-corrected chi connectivity index (χ0v) is 13.8. The van der Waals surface area contributed by atoms with Crippen molar-refractivity contribution in [1.82, 2.24) is 25.4 Å². The minimum atomic E-state index is -5.08. The Morgan fingerprint density at radius 2 is 1.64 bits per heavy atom. The quantitative estimate of drug-likeness (QED) is 0.707. The summed E-state index contributed by atoms with van der Waals surface area (Å²) in [6, 6.07) is 0. The maximum atomic E-state index is 12.4. The molecule has 0 atom stereocenters. The summed E-state index contributed by atoms with van der Waals surface area (Å²) in [7, 11) is 0. The lowest BCUT2D eigenvalue weighted by Crippen LogP contribution is -2.44. The monoisotopic (exact) mass is 414 g/mol. The number of rotatable bonds is 2. The van der Waals surface area contributed by atoms with E-state index < -0.39 is 24.2 Å². The summed E-state index contributed by atoms with van der Waals surface area (Å²) in [5.74, 6) is -3.80. The summed E-state index contributed by atoms with van der Waals surface area (Å²) < 4.78 is 73.1. The van der Waals surface area contributed by atoms with Crippen LogP contribution in [-0.2, 0) is 11.0 Å². The van der Waals surface area contributed by atoms with Gasteiger partial charge in [0.2, 0.25) is 11.8 Å². The van der Waals surface area contributed by atoms with Crippen LogP contribution in [0.4, 0.5) is 32.3 Å². The molecule has 154 valence electrons. The van der Waals surface area contributed by atoms with Crippen molar-refractivity contribution in [3.8, 4) is 11.4 Å². The van der Waals surface area contributed by atoms with E-state index in [9.17, 15) is 26.3 Å². The molecule has 15 heteroatoms. The molecule has 0 aliphatic carbocycles. The van der Waals surface area contributed by atoms with E-state index in [1.807, 2.05) is 4.90 Å². The second-order valence-electron chi connectivity index (χ2n) is 5.23. The number of hydrogen-bond donors (Lipinski definition) is 2. The molecular weight excluding hydrogens is 402 g/mol. The zero-order chi connectivity index (χ0) is 20.9. The lowest BCUT2D eigenvalue weighted by Gasteiger charge is -2.27. The van der Waals surface area contributed by atoms with Gasteiger partial charge in [-0.2, -0.15) is 31.3 Å². The Hall–Kier alpha value is -2.97. The highest BCUT2D eigenvalue weighted by atomic mass is 19.4. The van der Waals surface area contributed by atoms with Gasteiger partial charge < -0.3 is 19.8 Å². The maximum absolute atomic E-state index is 12.4. The fourth-order valence-corrected chi connectivity index (χ4v) is 1.92. The van der Waals surface area contributed by atoms with Gasteiger partial charge in [0.1, 0.15) is 0 Å². The topological polar surface area (TPSA) is 117 Å². The molecule has 0 aromatic carbocycles. The average molecular weight is 414 g/mol. The second kappa shape index (κ2) is 8.37. The number of carboxylic acid groups (broad SMARTS) is 1. The van der Waals surface area contributed by atoms with Crippen LogP contribution in [0.5, 0.6) is 0 Å². The van der Waals surface area contributed by atoms with Crippen LogP contribution in [0.2, 0.25) is 0 Å². The van der Waals surface area contributed by atoms with E-state index in [-0.39, 0.29) is 11.4 Å². The number of nitrogens with one attached hydrogen (secondary N) is 1. The third kappa shape index (κ3) is 5.77. The van der Waals surface area contributed by atoms with Gasteiger partial charge in [0.05, 0.1) is 5.56 Å². The molecule has 1 saturated heterocycles. The van der Waals surface area contributed by atoms with Gasteiger partial charge in [-0.05, 0) is 0 Å². The highest BCUT2D eigenvalue weighted by Crippen LogP contribution is 2.29. The molecule has 3 heterocycles. The SMILES string of the molecule is FC(F)(F)c1nc(-c2cnc(N3CCNCC3)nc2)no1.O=C(O)C(F)(F)F. The Balaban J connectivity index is 0.000000345. The molecule has 3 rings (SSSR count). The van der Waals surface area contributed by atoms with Crippen molar-refractivity contribution in [2.45, 2.75) is 12.4 Å². The van der Waals surface area contributed by atoms with Crippen LogP contribution in [0.3, 0.4) is 0 Å². The fraction of sp³-hybridized carbons (Fsp3) is 0.462. The number of piperazine rings is 1. The normalized spacial score (nSPS) is 15.0. The Labute approximate surface area is 152 Å². The first-order valence-electron chi connectivity index (χ1n) is 7.47. The van der Waals surface area contributed by atoms with Crippen LogP contribution >= 0.6 is 0 Å². The summed E-state index contributed by atoms with van der Waals surface area (Å²) in [6.07, 6.45) is -6.97. The minimum absolute atomic E-state index is 0.186. The lowest BCUT2D eigenvalue weighted by molar-refractivity contribution is -0.192. The Morgan fingerprint density at radius 3 is 2.07 bits per heavy atom. The molecule has 1 aliphatic rings. The molecule has 0 radical (unpaired) electrons. The van der Waals surface area contributed by atoms with E-state index in [1.54, 1.807) is 0 Å². The molecule has 0 unspecified atom stereocenters. The van der Waals surface area contributed by atoms with Crippen molar-refractivity contribution in [2.75, 3.05) is 31.1 Å². The molecule has 0 amide bonds. The molecule has 28 heavy (non-hydrogen) atoms. The van der Waals surface area contributed by atoms with Crippen LogP contribution in [0, 0.1) is 0 Å². The fourth-order valence-electron chi connectivity index (χ4n) is 1.92. The standard InChI is InChI=1S/C11H11F3N6O.C2HF3O2/c12-11(13,14)9-18-8(19-21-9)7-5-16-10(17-6-7)20-3-1-15-2-4-20;3-2(4,5)1(6)7/h5-6,15H,1-4H2;(H,6,7). The summed E-state index contributed by atoms with van der Waals surface area (Å²) in [5.41, 5.74) is 0.271. The van der Waals surface area contributed by atoms with Gasteiger partial charge in [0, 0.05) is 38.6 Å². The molecule has 9 nitrogen and oxygen atoms in total. The van der Waals surface area contributed by atoms with Gasteiger partial charge in [-0.3, -0.25) is 0 Å². The largest absolute Gasteiger partial charge is 0.490 e. The van der Waals surface area contributed by atoms with Crippen molar-refractivity contribution in [3.05, 3.63) is 18.3 Å². The Bertz CT molecular complexity index is 785. The first kappa shape index (κ1) is 21.3. The lowest BCUT2D eigenvalue weighted by atomic mass is 10.3. The van der Waals surface area contributed by atoms with Crippen LogP contribution in [-0.4, -0.2) is 63.5 Å². The van der Waals surface area contributed by atoms with Crippen LogP contribution in [0.1, 0.15) is 5.89 Å². The van der Waals surface area contributed by atoms with E-state index in [0.717, 1.165) is 26.2 Å². The number of halogens is 6. The smallest absolute Gasteiger partial charge is 0.475 e. The molecule has 0 saturated carbocycles. The van der Waals surface area contributed by atoms with Crippen molar-refractivity contribution in [3.63, 3.8) is 0 Å². The molecule has 1 fully saturated rings. The van der Waals surface area contributed by atoms with Gasteiger partial charge in [-0.1, -0.05) is 5.16 Å². The van der Waals surface area contributed by atoms with Crippen molar-refractivity contribution >= 4 is 11.9 Å². The van der Waals surface area contributed by atoms with Gasteiger partial charge in [0.15, 0.2) is 0 Å². The first-order chi connectivity index (χ1) is 13.0. The molecule has 0 spiro atoms. The van der Waals surface area contributed by atoms with Gasteiger partial charge in [0.25, 0.3) is 0 Å². The number of carbonyl (C=O) groups is 1. The number of aliphatic carboxylic acids is 1. The first-order valence-corrected chi connectivity index (χ1v) is 7.47. The van der Waals surface area contributed by atoms with E-state index in [1.165, 1.54) is 12.4 Å². The molecule has 2 N–H and O–H groups in total. The molecule has 1 aliphatic heterocycles. The third-order valence-electron chi connectivity index (χ3n) is 3.21. The molecule has 2 aromatic rings. The number of carboxylic acids is 1. The van der Waals surface area contributed by atoms with Gasteiger partial charge >= 0.3 is 24.2 Å². The van der Waals surface area contributed by atoms with Crippen LogP contribution in [0.15, 0.2) is 16.9 Å². The molecule has 0 bridgehead atoms. The van der Waals surface area contributed by atoms with Crippen molar-refractivity contribution < 1.29 is 40.8 Å². The zero-order valence-electron chi connectivity index (χ0n) is 13.8. The van der Waals surface area contributed by atoms with E-state index in [0.29, 0.717) is 5.95 Å². The summed E-state index contributed by atoms with van der Waals surface area (Å²) in [4.78, 5) is 22.4. The molecular formula is C13H12F6N6O3. The molecule has 2 aromatic heterocycles. The Morgan fingerprint density at radius 1 is 1.11 bits per heavy atom. The minimum Gasteiger partial charge on any atom is -0.475 e. The summed E-state index contributed by atoms with van der Waals surface area (Å²) >= 11 is 0. The van der Waals surface area contributed by atoms with Crippen LogP contribution in [0.25, 0.3) is 11.4 Å². The summed E-state index contributed by atoms with van der Waals surface area (Å²) in [5, 5.41) is 13.6. The van der Waals surface area contributed by atoms with Crippen molar-refractivity contribution in [2.24, 2.45) is 0 Å². The number of hydrogen-bond acceptors (Lipinski definition) is 8. The van der Waals surface area contributed by atoms with Crippen molar-refractivity contribution in [1.29, 1.82) is 0 Å². The van der Waals surface area contributed by atoms with E-state index in [2.05, 4.69) is 29.9 Å². The van der Waals surface area contributed by atoms with Gasteiger partial charge in [-0.15, -0.1) is 0 Å². The third-order valence-corrected chi connectivity index (χ3v) is 3.21. The average Bonchev–Trinajstić information content (AvgIpc) is 3.13. The van der Waals surface area contributed by atoms with E-state index in [4.69, 9.17) is 9.90 Å². The predicted octanol–water partition coefficient (Wildman–Crippen LogP) is 1.59. The number of alkyl halides is 6. The van der Waals surface area contributed by atoms with E-state index >= 15 is 0 Å². The summed E-state index contributed by atoms with van der Waals surface area (Å²) in [6.45, 7) is 3.23. The second-order valence-corrected chi connectivity index (χ2v) is 5.23. The number of aromatic nitrogens is 4.